The number of terminal acetylenes is 1. The molecule has 0 aliphatic rings. The van der Waals surface area contributed by atoms with Crippen LogP contribution in [0.25, 0.3) is 0 Å². The molecule has 4 heteroatoms. The summed E-state index contributed by atoms with van der Waals surface area (Å²) in [5, 5.41) is 11.5. The monoisotopic (exact) mass is 209 g/mol. The van der Waals surface area contributed by atoms with Crippen LogP contribution in [-0.4, -0.2) is 17.7 Å². The minimum absolute atomic E-state index is 0.458. The smallest absolute Gasteiger partial charge is 0.412 e. The SMILES string of the molecule is C#CCCCN(C(=O)O)c1cccs1. The van der Waals surface area contributed by atoms with Gasteiger partial charge in [0.05, 0.1) is 0 Å². The van der Waals surface area contributed by atoms with Crippen molar-refractivity contribution in [3.8, 4) is 12.3 Å². The molecule has 74 valence electrons. The molecular weight excluding hydrogens is 198 g/mol. The van der Waals surface area contributed by atoms with Crippen molar-refractivity contribution < 1.29 is 9.90 Å². The van der Waals surface area contributed by atoms with Crippen molar-refractivity contribution in [3.63, 3.8) is 0 Å². The Morgan fingerprint density at radius 2 is 2.50 bits per heavy atom. The van der Waals surface area contributed by atoms with Crippen molar-refractivity contribution >= 4 is 22.4 Å². The summed E-state index contributed by atoms with van der Waals surface area (Å²) in [4.78, 5) is 12.2. The third-order valence-electron chi connectivity index (χ3n) is 1.71. The van der Waals surface area contributed by atoms with E-state index in [2.05, 4.69) is 5.92 Å². The van der Waals surface area contributed by atoms with E-state index >= 15 is 0 Å². The molecule has 0 aliphatic carbocycles. The van der Waals surface area contributed by atoms with Gasteiger partial charge in [-0.1, -0.05) is 0 Å². The van der Waals surface area contributed by atoms with E-state index in [-0.39, 0.29) is 0 Å². The Kier molecular flexibility index (Phi) is 4.02. The third kappa shape index (κ3) is 2.79. The fourth-order valence-electron chi connectivity index (χ4n) is 1.06. The van der Waals surface area contributed by atoms with Gasteiger partial charge in [0.2, 0.25) is 0 Å². The first kappa shape index (κ1) is 10.6. The van der Waals surface area contributed by atoms with Gasteiger partial charge in [0, 0.05) is 13.0 Å². The molecule has 1 rings (SSSR count). The van der Waals surface area contributed by atoms with E-state index in [1.807, 2.05) is 11.4 Å². The summed E-state index contributed by atoms with van der Waals surface area (Å²) in [6.45, 7) is 0.458. The minimum atomic E-state index is -0.926. The van der Waals surface area contributed by atoms with Crippen LogP contribution in [0.2, 0.25) is 0 Å². The van der Waals surface area contributed by atoms with E-state index < -0.39 is 6.09 Å². The number of nitrogens with zero attached hydrogens (tertiary/aromatic N) is 1. The third-order valence-corrected chi connectivity index (χ3v) is 2.60. The van der Waals surface area contributed by atoms with Gasteiger partial charge in [0.25, 0.3) is 0 Å². The molecule has 1 aromatic rings. The molecule has 1 N–H and O–H groups in total. The van der Waals surface area contributed by atoms with Crippen LogP contribution in [0.3, 0.4) is 0 Å². The first-order chi connectivity index (χ1) is 6.75. The standard InChI is InChI=1S/C10H11NO2S/c1-2-3-4-7-11(10(12)13)9-6-5-8-14-9/h1,5-6,8H,3-4,7H2,(H,12,13). The zero-order chi connectivity index (χ0) is 10.4. The van der Waals surface area contributed by atoms with Gasteiger partial charge in [-0.2, -0.15) is 0 Å². The van der Waals surface area contributed by atoms with Gasteiger partial charge in [0.15, 0.2) is 0 Å². The van der Waals surface area contributed by atoms with E-state index in [4.69, 9.17) is 11.5 Å². The van der Waals surface area contributed by atoms with Gasteiger partial charge in [-0.3, -0.25) is 4.90 Å². The zero-order valence-electron chi connectivity index (χ0n) is 7.64. The highest BCUT2D eigenvalue weighted by atomic mass is 32.1. The fourth-order valence-corrected chi connectivity index (χ4v) is 1.81. The summed E-state index contributed by atoms with van der Waals surface area (Å²) >= 11 is 1.41. The van der Waals surface area contributed by atoms with Crippen molar-refractivity contribution in [2.75, 3.05) is 11.4 Å². The zero-order valence-corrected chi connectivity index (χ0v) is 8.46. The van der Waals surface area contributed by atoms with E-state index in [1.54, 1.807) is 6.07 Å². The molecule has 0 radical (unpaired) electrons. The van der Waals surface area contributed by atoms with Crippen molar-refractivity contribution in [1.82, 2.24) is 0 Å². The van der Waals surface area contributed by atoms with E-state index in [1.165, 1.54) is 16.2 Å². The topological polar surface area (TPSA) is 40.5 Å². The predicted molar refractivity (Wildman–Crippen MR) is 57.8 cm³/mol. The van der Waals surface area contributed by atoms with Crippen molar-refractivity contribution in [1.29, 1.82) is 0 Å². The molecule has 0 spiro atoms. The predicted octanol–water partition coefficient (Wildman–Crippen LogP) is 2.65. The van der Waals surface area contributed by atoms with Crippen LogP contribution >= 0.6 is 11.3 Å². The molecule has 1 amide bonds. The molecular formula is C10H11NO2S. The van der Waals surface area contributed by atoms with Crippen LogP contribution in [0.15, 0.2) is 17.5 Å². The molecule has 0 atom stereocenters. The lowest BCUT2D eigenvalue weighted by molar-refractivity contribution is 0.202. The number of anilines is 1. The number of unbranched alkanes of at least 4 members (excludes halogenated alkanes) is 1. The van der Waals surface area contributed by atoms with Crippen LogP contribution in [0.4, 0.5) is 9.80 Å². The second-order valence-corrected chi connectivity index (χ2v) is 3.62. The molecule has 14 heavy (non-hydrogen) atoms. The van der Waals surface area contributed by atoms with E-state index in [0.717, 1.165) is 5.00 Å². The minimum Gasteiger partial charge on any atom is -0.465 e. The number of carboxylic acid groups (broad SMARTS) is 1. The van der Waals surface area contributed by atoms with E-state index in [9.17, 15) is 4.79 Å². The quantitative estimate of drug-likeness (QED) is 0.611. The number of hydrogen-bond acceptors (Lipinski definition) is 2. The van der Waals surface area contributed by atoms with Crippen LogP contribution in [0, 0.1) is 12.3 Å². The van der Waals surface area contributed by atoms with Crippen LogP contribution in [-0.2, 0) is 0 Å². The number of amides is 1. The highest BCUT2D eigenvalue weighted by molar-refractivity contribution is 7.14. The largest absolute Gasteiger partial charge is 0.465 e. The second-order valence-electron chi connectivity index (χ2n) is 2.69. The lowest BCUT2D eigenvalue weighted by Gasteiger charge is -2.15. The van der Waals surface area contributed by atoms with Gasteiger partial charge >= 0.3 is 6.09 Å². The van der Waals surface area contributed by atoms with Crippen molar-refractivity contribution in [2.24, 2.45) is 0 Å². The summed E-state index contributed by atoms with van der Waals surface area (Å²) in [7, 11) is 0. The molecule has 0 aromatic carbocycles. The molecule has 0 saturated carbocycles. The van der Waals surface area contributed by atoms with Gasteiger partial charge < -0.3 is 5.11 Å². The summed E-state index contributed by atoms with van der Waals surface area (Å²) in [6.07, 6.45) is 5.47. The average molecular weight is 209 g/mol. The molecule has 0 fully saturated rings. The Morgan fingerprint density at radius 3 is 3.00 bits per heavy atom. The summed E-state index contributed by atoms with van der Waals surface area (Å²) in [6, 6.07) is 3.62. The molecule has 1 aromatic heterocycles. The lowest BCUT2D eigenvalue weighted by atomic mass is 10.3. The van der Waals surface area contributed by atoms with E-state index in [0.29, 0.717) is 19.4 Å². The first-order valence-corrected chi connectivity index (χ1v) is 5.11. The fraction of sp³-hybridized carbons (Fsp3) is 0.300. The van der Waals surface area contributed by atoms with Gasteiger partial charge in [-0.25, -0.2) is 4.79 Å². The normalized spacial score (nSPS) is 9.36. The lowest BCUT2D eigenvalue weighted by Crippen LogP contribution is -2.29. The Labute approximate surface area is 87.0 Å². The second kappa shape index (κ2) is 5.30. The number of hydrogen-bond donors (Lipinski definition) is 1. The molecule has 1 heterocycles. The van der Waals surface area contributed by atoms with Crippen molar-refractivity contribution in [3.05, 3.63) is 17.5 Å². The molecule has 0 bridgehead atoms. The summed E-state index contributed by atoms with van der Waals surface area (Å²) < 4.78 is 0. The molecule has 0 unspecified atom stereocenters. The molecule has 0 saturated heterocycles. The van der Waals surface area contributed by atoms with Crippen LogP contribution in [0.5, 0.6) is 0 Å². The number of thiophene rings is 1. The van der Waals surface area contributed by atoms with Gasteiger partial charge in [-0.15, -0.1) is 23.7 Å². The highest BCUT2D eigenvalue weighted by Crippen LogP contribution is 2.21. The summed E-state index contributed by atoms with van der Waals surface area (Å²) in [5.74, 6) is 2.49. The molecule has 3 nitrogen and oxygen atoms in total. The van der Waals surface area contributed by atoms with Gasteiger partial charge in [-0.05, 0) is 23.9 Å². The Morgan fingerprint density at radius 1 is 1.71 bits per heavy atom. The Balaban J connectivity index is 2.58. The van der Waals surface area contributed by atoms with Crippen molar-refractivity contribution in [2.45, 2.75) is 12.8 Å². The molecule has 0 aliphatic heterocycles. The Hall–Kier alpha value is -1.47. The number of carbonyl (C=O) groups is 1. The van der Waals surface area contributed by atoms with Gasteiger partial charge in [0.1, 0.15) is 5.00 Å². The Bertz CT molecular complexity index is 326. The maximum Gasteiger partial charge on any atom is 0.412 e. The van der Waals surface area contributed by atoms with Crippen LogP contribution < -0.4 is 4.90 Å². The summed E-state index contributed by atoms with van der Waals surface area (Å²) in [5.41, 5.74) is 0. The van der Waals surface area contributed by atoms with Crippen LogP contribution in [0.1, 0.15) is 12.8 Å². The first-order valence-electron chi connectivity index (χ1n) is 4.23. The average Bonchev–Trinajstić information content (AvgIpc) is 2.64. The number of rotatable bonds is 4. The maximum atomic E-state index is 10.9. The highest BCUT2D eigenvalue weighted by Gasteiger charge is 2.13. The maximum absolute atomic E-state index is 10.9.